The second kappa shape index (κ2) is 27.0. The van der Waals surface area contributed by atoms with Gasteiger partial charge in [0.1, 0.15) is 26.2 Å². The topological polar surface area (TPSA) is 79.2 Å². The van der Waals surface area contributed by atoms with Crippen LogP contribution < -0.4 is 0 Å². The van der Waals surface area contributed by atoms with E-state index in [0.717, 1.165) is 25.7 Å². The molecule has 6 heteroatoms. The summed E-state index contributed by atoms with van der Waals surface area (Å²) in [6.07, 6.45) is 25.4. The van der Waals surface area contributed by atoms with Crippen LogP contribution in [0.4, 0.5) is 0 Å². The lowest BCUT2D eigenvalue weighted by atomic mass is 10.1. The van der Waals surface area contributed by atoms with Crippen LogP contribution in [0.2, 0.25) is 0 Å². The number of aliphatic hydroxyl groups is 3. The van der Waals surface area contributed by atoms with Crippen LogP contribution in [-0.4, -0.2) is 85.3 Å². The van der Waals surface area contributed by atoms with E-state index in [-0.39, 0.29) is 19.8 Å². The van der Waals surface area contributed by atoms with Crippen LogP contribution in [0.15, 0.2) is 0 Å². The fourth-order valence-corrected chi connectivity index (χ4v) is 5.26. The van der Waals surface area contributed by atoms with Crippen LogP contribution in [0.3, 0.4) is 0 Å². The van der Waals surface area contributed by atoms with Gasteiger partial charge in [0.05, 0.1) is 26.9 Å². The molecule has 0 radical (unpaired) electrons. The molecule has 0 bridgehead atoms. The molecule has 0 saturated carbocycles. The second-order valence-electron chi connectivity index (χ2n) is 11.9. The molecule has 0 aromatic carbocycles. The molecule has 0 aromatic rings. The molecule has 6 nitrogen and oxygen atoms in total. The van der Waals surface area contributed by atoms with E-state index < -0.39 is 5.79 Å². The summed E-state index contributed by atoms with van der Waals surface area (Å²) in [5.41, 5.74) is 0. The maximum atomic E-state index is 11.4. The van der Waals surface area contributed by atoms with Gasteiger partial charge in [-0.15, -0.1) is 0 Å². The van der Waals surface area contributed by atoms with E-state index in [0.29, 0.717) is 37.3 Å². The lowest BCUT2D eigenvalue weighted by molar-refractivity contribution is -0.919. The summed E-state index contributed by atoms with van der Waals surface area (Å²) >= 11 is 0. The molecule has 0 rings (SSSR count). The Balaban J connectivity index is 4.29. The average molecular weight is 547 g/mol. The SMILES string of the molecule is CCCCCCCCCCCCOCC(O)(C[N+](C)(CCO)CCO)OCCCCCCCCCCCC. The Morgan fingerprint density at radius 2 is 0.921 bits per heavy atom. The van der Waals surface area contributed by atoms with Crippen molar-refractivity contribution in [3.05, 3.63) is 0 Å². The van der Waals surface area contributed by atoms with Crippen LogP contribution in [0.25, 0.3) is 0 Å². The highest BCUT2D eigenvalue weighted by atomic mass is 16.6. The van der Waals surface area contributed by atoms with Crippen molar-refractivity contribution >= 4 is 0 Å². The van der Waals surface area contributed by atoms with Crippen LogP contribution in [0.1, 0.15) is 142 Å². The van der Waals surface area contributed by atoms with Crippen LogP contribution in [0, 0.1) is 0 Å². The Kier molecular flexibility index (Phi) is 26.8. The molecule has 38 heavy (non-hydrogen) atoms. The van der Waals surface area contributed by atoms with Gasteiger partial charge < -0.3 is 29.3 Å². The van der Waals surface area contributed by atoms with Gasteiger partial charge in [0.15, 0.2) is 0 Å². The van der Waals surface area contributed by atoms with Crippen LogP contribution >= 0.6 is 0 Å². The van der Waals surface area contributed by atoms with Gasteiger partial charge in [-0.1, -0.05) is 129 Å². The summed E-state index contributed by atoms with van der Waals surface area (Å²) in [4.78, 5) is 0. The van der Waals surface area contributed by atoms with Crippen molar-refractivity contribution in [3.63, 3.8) is 0 Å². The van der Waals surface area contributed by atoms with E-state index in [1.807, 2.05) is 7.05 Å². The van der Waals surface area contributed by atoms with Crippen molar-refractivity contribution in [2.24, 2.45) is 0 Å². The summed E-state index contributed by atoms with van der Waals surface area (Å²) in [5.74, 6) is -1.41. The third-order valence-electron chi connectivity index (χ3n) is 7.75. The van der Waals surface area contributed by atoms with Gasteiger partial charge in [0, 0.05) is 6.61 Å². The molecule has 0 fully saturated rings. The molecule has 0 aromatic heterocycles. The van der Waals surface area contributed by atoms with Gasteiger partial charge in [-0.05, 0) is 12.8 Å². The molecule has 0 heterocycles. The Labute approximate surface area is 237 Å². The summed E-state index contributed by atoms with van der Waals surface area (Å²) in [7, 11) is 1.95. The maximum absolute atomic E-state index is 11.4. The molecule has 0 aliphatic rings. The van der Waals surface area contributed by atoms with Crippen molar-refractivity contribution in [1.29, 1.82) is 0 Å². The summed E-state index contributed by atoms with van der Waals surface area (Å²) in [6, 6.07) is 0. The van der Waals surface area contributed by atoms with Gasteiger partial charge in [-0.2, -0.15) is 0 Å². The van der Waals surface area contributed by atoms with Crippen LogP contribution in [0.5, 0.6) is 0 Å². The van der Waals surface area contributed by atoms with Gasteiger partial charge in [0.2, 0.25) is 5.79 Å². The van der Waals surface area contributed by atoms with Crippen molar-refractivity contribution in [1.82, 2.24) is 0 Å². The van der Waals surface area contributed by atoms with Gasteiger partial charge in [-0.25, -0.2) is 0 Å². The number of likely N-dealkylation sites (N-methyl/N-ethyl adjacent to an activating group) is 1. The molecule has 0 amide bonds. The minimum absolute atomic E-state index is 0.00445. The highest BCUT2D eigenvalue weighted by Gasteiger charge is 2.38. The zero-order valence-corrected chi connectivity index (χ0v) is 25.9. The van der Waals surface area contributed by atoms with E-state index in [4.69, 9.17) is 9.47 Å². The summed E-state index contributed by atoms with van der Waals surface area (Å²) < 4.78 is 12.3. The van der Waals surface area contributed by atoms with Crippen molar-refractivity contribution < 1.29 is 29.3 Å². The Morgan fingerprint density at radius 1 is 0.553 bits per heavy atom. The fraction of sp³-hybridized carbons (Fsp3) is 1.00. The number of quaternary nitrogens is 1. The highest BCUT2D eigenvalue weighted by Crippen LogP contribution is 2.18. The molecular weight excluding hydrogens is 478 g/mol. The number of hydrogen-bond acceptors (Lipinski definition) is 5. The lowest BCUT2D eigenvalue weighted by Crippen LogP contribution is -2.59. The average Bonchev–Trinajstić information content (AvgIpc) is 2.88. The summed E-state index contributed by atoms with van der Waals surface area (Å²) in [6.45, 7) is 7.01. The molecule has 0 spiro atoms. The second-order valence-corrected chi connectivity index (χ2v) is 11.9. The van der Waals surface area contributed by atoms with E-state index in [2.05, 4.69) is 13.8 Å². The van der Waals surface area contributed by atoms with E-state index in [9.17, 15) is 15.3 Å². The van der Waals surface area contributed by atoms with Crippen molar-refractivity contribution in [2.75, 3.05) is 59.7 Å². The molecule has 0 saturated heterocycles. The smallest absolute Gasteiger partial charge is 0.240 e. The number of aliphatic hydroxyl groups excluding tert-OH is 2. The monoisotopic (exact) mass is 547 g/mol. The molecule has 1 atom stereocenters. The minimum Gasteiger partial charge on any atom is -0.391 e. The van der Waals surface area contributed by atoms with Crippen molar-refractivity contribution in [2.45, 2.75) is 148 Å². The standard InChI is InChI=1S/C32H68NO5/c1-4-6-8-10-12-14-16-18-20-22-28-37-31-32(36,30-33(3,24-26-34)25-27-35)38-29-23-21-19-17-15-13-11-9-7-5-2/h34-36H,4-31H2,1-3H3/q+1. The number of unbranched alkanes of at least 4 members (excludes halogenated alkanes) is 18. The quantitative estimate of drug-likeness (QED) is 0.0496. The number of hydrogen-bond donors (Lipinski definition) is 3. The Bertz CT molecular complexity index is 473. The molecule has 230 valence electrons. The lowest BCUT2D eigenvalue weighted by Gasteiger charge is -2.40. The highest BCUT2D eigenvalue weighted by molar-refractivity contribution is 4.68. The minimum atomic E-state index is -1.41. The number of ether oxygens (including phenoxy) is 2. The molecule has 0 aliphatic heterocycles. The van der Waals surface area contributed by atoms with Gasteiger partial charge in [0.25, 0.3) is 0 Å². The third-order valence-corrected chi connectivity index (χ3v) is 7.75. The van der Waals surface area contributed by atoms with Gasteiger partial charge in [-0.3, -0.25) is 0 Å². The van der Waals surface area contributed by atoms with E-state index in [1.54, 1.807) is 0 Å². The van der Waals surface area contributed by atoms with E-state index in [1.165, 1.54) is 103 Å². The molecule has 3 N–H and O–H groups in total. The first-order valence-electron chi connectivity index (χ1n) is 16.4. The largest absolute Gasteiger partial charge is 0.391 e. The first-order valence-corrected chi connectivity index (χ1v) is 16.4. The summed E-state index contributed by atoms with van der Waals surface area (Å²) in [5, 5.41) is 30.5. The first kappa shape index (κ1) is 37.8. The van der Waals surface area contributed by atoms with Crippen LogP contribution in [-0.2, 0) is 9.47 Å². The molecular formula is C32H68NO5+. The molecule has 0 aliphatic carbocycles. The first-order chi connectivity index (χ1) is 18.4. The zero-order chi connectivity index (χ0) is 28.2. The third kappa shape index (κ3) is 23.6. The Morgan fingerprint density at radius 3 is 1.32 bits per heavy atom. The number of rotatable bonds is 31. The predicted molar refractivity (Wildman–Crippen MR) is 160 cm³/mol. The number of nitrogens with zero attached hydrogens (tertiary/aromatic N) is 1. The fourth-order valence-electron chi connectivity index (χ4n) is 5.26. The Hall–Kier alpha value is -0.240. The predicted octanol–water partition coefficient (Wildman–Crippen LogP) is 6.98. The van der Waals surface area contributed by atoms with Gasteiger partial charge >= 0.3 is 0 Å². The van der Waals surface area contributed by atoms with E-state index >= 15 is 0 Å². The zero-order valence-electron chi connectivity index (χ0n) is 25.9. The molecule has 1 unspecified atom stereocenters. The normalized spacial score (nSPS) is 13.7. The van der Waals surface area contributed by atoms with Crippen molar-refractivity contribution in [3.8, 4) is 0 Å². The maximum Gasteiger partial charge on any atom is 0.240 e.